The summed E-state index contributed by atoms with van der Waals surface area (Å²) in [5.74, 6) is 0. The third kappa shape index (κ3) is 5.44. The summed E-state index contributed by atoms with van der Waals surface area (Å²) < 4.78 is 35.4. The number of likely N-dealkylation sites (tertiary alicyclic amines) is 1. The first-order valence-electron chi connectivity index (χ1n) is 4.82. The van der Waals surface area contributed by atoms with Gasteiger partial charge in [-0.15, -0.1) is 0 Å². The van der Waals surface area contributed by atoms with E-state index in [4.69, 9.17) is 4.74 Å². The van der Waals surface area contributed by atoms with Gasteiger partial charge in [0.1, 0.15) is 0 Å². The standard InChI is InChI=1S/C8H18NO.CHF3/c1-3-9(8-10-2)6-4-5-7-9;2-1(3)4/h3-8H2,1-2H3;1H/q+1;. The lowest BCUT2D eigenvalue weighted by Crippen LogP contribution is -2.46. The fraction of sp³-hybridized carbons (Fsp3) is 1.00. The van der Waals surface area contributed by atoms with Crippen LogP contribution in [0.5, 0.6) is 0 Å². The third-order valence-corrected chi connectivity index (χ3v) is 2.59. The lowest BCUT2D eigenvalue weighted by molar-refractivity contribution is -0.932. The molecule has 0 saturated carbocycles. The summed E-state index contributed by atoms with van der Waals surface area (Å²) in [6, 6.07) is 0. The average Bonchev–Trinajstić information content (AvgIpc) is 2.53. The number of nitrogens with zero attached hydrogens (tertiary/aromatic N) is 1. The summed E-state index contributed by atoms with van der Waals surface area (Å²) in [5.41, 5.74) is 0. The minimum atomic E-state index is -3.67. The molecule has 1 saturated heterocycles. The highest BCUT2D eigenvalue weighted by Gasteiger charge is 2.29. The van der Waals surface area contributed by atoms with Gasteiger partial charge in [-0.3, -0.25) is 0 Å². The molecule has 1 fully saturated rings. The third-order valence-electron chi connectivity index (χ3n) is 2.59. The van der Waals surface area contributed by atoms with E-state index in [0.29, 0.717) is 0 Å². The first kappa shape index (κ1) is 13.7. The second-order valence-electron chi connectivity index (χ2n) is 3.48. The molecule has 0 radical (unpaired) electrons. The van der Waals surface area contributed by atoms with Crippen LogP contribution in [0, 0.1) is 0 Å². The van der Waals surface area contributed by atoms with Crippen LogP contribution >= 0.6 is 0 Å². The van der Waals surface area contributed by atoms with Gasteiger partial charge in [-0.25, -0.2) is 0 Å². The quantitative estimate of drug-likeness (QED) is 0.655. The highest BCUT2D eigenvalue weighted by molar-refractivity contribution is 4.50. The molecule has 1 aliphatic rings. The minimum Gasteiger partial charge on any atom is -0.335 e. The number of ether oxygens (including phenoxy) is 1. The summed E-state index contributed by atoms with van der Waals surface area (Å²) in [5, 5.41) is 0. The van der Waals surface area contributed by atoms with Crippen LogP contribution in [-0.2, 0) is 4.74 Å². The van der Waals surface area contributed by atoms with E-state index >= 15 is 0 Å². The molecule has 0 atom stereocenters. The highest BCUT2D eigenvalue weighted by atomic mass is 19.4. The van der Waals surface area contributed by atoms with E-state index in [0.717, 1.165) is 6.73 Å². The van der Waals surface area contributed by atoms with Crippen LogP contribution in [0.3, 0.4) is 0 Å². The molecule has 86 valence electrons. The van der Waals surface area contributed by atoms with Gasteiger partial charge in [0.25, 0.3) is 0 Å². The van der Waals surface area contributed by atoms with Crippen LogP contribution < -0.4 is 0 Å². The molecular formula is C9H19F3NO+. The van der Waals surface area contributed by atoms with Crippen molar-refractivity contribution in [2.75, 3.05) is 33.5 Å². The molecule has 0 aliphatic carbocycles. The van der Waals surface area contributed by atoms with E-state index < -0.39 is 6.68 Å². The van der Waals surface area contributed by atoms with Gasteiger partial charge in [-0.05, 0) is 6.92 Å². The Morgan fingerprint density at radius 1 is 1.21 bits per heavy atom. The smallest absolute Gasteiger partial charge is 0.335 e. The second-order valence-corrected chi connectivity index (χ2v) is 3.48. The van der Waals surface area contributed by atoms with Crippen molar-refractivity contribution in [1.82, 2.24) is 0 Å². The zero-order valence-corrected chi connectivity index (χ0v) is 8.81. The van der Waals surface area contributed by atoms with E-state index in [1.165, 1.54) is 37.0 Å². The maximum Gasteiger partial charge on any atom is 0.379 e. The molecule has 5 heteroatoms. The molecular weight excluding hydrogens is 195 g/mol. The van der Waals surface area contributed by atoms with Gasteiger partial charge >= 0.3 is 6.68 Å². The van der Waals surface area contributed by atoms with E-state index in [1.807, 2.05) is 0 Å². The Morgan fingerprint density at radius 3 is 1.93 bits per heavy atom. The van der Waals surface area contributed by atoms with Gasteiger partial charge in [-0.1, -0.05) is 0 Å². The average molecular weight is 214 g/mol. The molecule has 1 heterocycles. The predicted molar refractivity (Wildman–Crippen MR) is 48.8 cm³/mol. The fourth-order valence-corrected chi connectivity index (χ4v) is 1.82. The Labute approximate surface area is 83.2 Å². The molecule has 0 aromatic rings. The summed E-state index contributed by atoms with van der Waals surface area (Å²) in [4.78, 5) is 0. The first-order valence-corrected chi connectivity index (χ1v) is 4.82. The Hall–Kier alpha value is -0.290. The Bertz CT molecular complexity index is 135. The van der Waals surface area contributed by atoms with E-state index in [1.54, 1.807) is 7.11 Å². The number of halogens is 3. The van der Waals surface area contributed by atoms with Gasteiger partial charge in [0.15, 0.2) is 6.73 Å². The van der Waals surface area contributed by atoms with Crippen molar-refractivity contribution in [3.05, 3.63) is 0 Å². The van der Waals surface area contributed by atoms with Crippen molar-refractivity contribution < 1.29 is 22.4 Å². The van der Waals surface area contributed by atoms with Gasteiger partial charge < -0.3 is 9.22 Å². The zero-order valence-electron chi connectivity index (χ0n) is 8.81. The van der Waals surface area contributed by atoms with Crippen molar-refractivity contribution in [1.29, 1.82) is 0 Å². The minimum absolute atomic E-state index is 0.913. The molecule has 14 heavy (non-hydrogen) atoms. The number of rotatable bonds is 3. The Morgan fingerprint density at radius 2 is 1.64 bits per heavy atom. The lowest BCUT2D eigenvalue weighted by atomic mass is 10.4. The van der Waals surface area contributed by atoms with Crippen molar-refractivity contribution in [3.8, 4) is 0 Å². The number of alkyl halides is 3. The molecule has 0 unspecified atom stereocenters. The number of hydrogen-bond acceptors (Lipinski definition) is 1. The molecule has 1 rings (SSSR count). The second kappa shape index (κ2) is 7.06. The Balaban J connectivity index is 0.000000364. The lowest BCUT2D eigenvalue weighted by Gasteiger charge is -2.31. The number of hydrogen-bond donors (Lipinski definition) is 0. The van der Waals surface area contributed by atoms with Gasteiger partial charge in [0.2, 0.25) is 0 Å². The first-order chi connectivity index (χ1) is 6.56. The summed E-state index contributed by atoms with van der Waals surface area (Å²) >= 11 is 0. The monoisotopic (exact) mass is 214 g/mol. The topological polar surface area (TPSA) is 9.23 Å². The van der Waals surface area contributed by atoms with Crippen LogP contribution in [0.25, 0.3) is 0 Å². The van der Waals surface area contributed by atoms with Gasteiger partial charge in [0, 0.05) is 20.0 Å². The fourth-order valence-electron chi connectivity index (χ4n) is 1.82. The highest BCUT2D eigenvalue weighted by Crippen LogP contribution is 2.18. The van der Waals surface area contributed by atoms with Crippen molar-refractivity contribution in [3.63, 3.8) is 0 Å². The SMILES string of the molecule is CC[N+]1(COC)CCCC1.FC(F)F. The largest absolute Gasteiger partial charge is 0.379 e. The van der Waals surface area contributed by atoms with Crippen LogP contribution in [0.4, 0.5) is 13.2 Å². The maximum absolute atomic E-state index is 9.67. The zero-order chi connectivity index (χ0) is 11.0. The van der Waals surface area contributed by atoms with E-state index in [2.05, 4.69) is 6.92 Å². The van der Waals surface area contributed by atoms with Crippen LogP contribution in [0.2, 0.25) is 0 Å². The van der Waals surface area contributed by atoms with Gasteiger partial charge in [-0.2, -0.15) is 13.2 Å². The van der Waals surface area contributed by atoms with E-state index in [9.17, 15) is 13.2 Å². The van der Waals surface area contributed by atoms with Crippen LogP contribution in [-0.4, -0.2) is 44.6 Å². The molecule has 0 amide bonds. The normalized spacial score (nSPS) is 19.3. The van der Waals surface area contributed by atoms with Crippen molar-refractivity contribution in [2.45, 2.75) is 26.4 Å². The number of methoxy groups -OCH3 is 1. The molecule has 1 aliphatic heterocycles. The molecule has 0 aromatic heterocycles. The molecule has 0 bridgehead atoms. The van der Waals surface area contributed by atoms with Crippen LogP contribution in [0.15, 0.2) is 0 Å². The molecule has 0 spiro atoms. The van der Waals surface area contributed by atoms with Crippen molar-refractivity contribution >= 4 is 0 Å². The summed E-state index contributed by atoms with van der Waals surface area (Å²) in [6.07, 6.45) is 2.77. The summed E-state index contributed by atoms with van der Waals surface area (Å²) in [7, 11) is 1.80. The predicted octanol–water partition coefficient (Wildman–Crippen LogP) is 2.40. The molecule has 2 nitrogen and oxygen atoms in total. The molecule has 0 N–H and O–H groups in total. The molecule has 0 aromatic carbocycles. The van der Waals surface area contributed by atoms with E-state index in [-0.39, 0.29) is 0 Å². The maximum atomic E-state index is 9.67. The van der Waals surface area contributed by atoms with Gasteiger partial charge in [0.05, 0.1) is 19.6 Å². The number of quaternary nitrogens is 1. The van der Waals surface area contributed by atoms with Crippen molar-refractivity contribution in [2.24, 2.45) is 0 Å². The summed E-state index contributed by atoms with van der Waals surface area (Å²) in [6.45, 7) is 3.38. The van der Waals surface area contributed by atoms with Crippen LogP contribution in [0.1, 0.15) is 19.8 Å². The Kier molecular flexibility index (Phi) is 6.92.